The van der Waals surface area contributed by atoms with Crippen molar-refractivity contribution in [2.75, 3.05) is 11.9 Å². The minimum atomic E-state index is -4.58. The van der Waals surface area contributed by atoms with Crippen molar-refractivity contribution < 1.29 is 26.7 Å². The second-order valence-corrected chi connectivity index (χ2v) is 6.75. The lowest BCUT2D eigenvalue weighted by molar-refractivity contribution is -0.138. The molecule has 0 atom stereocenters. The van der Waals surface area contributed by atoms with E-state index in [1.165, 1.54) is 24.4 Å². The van der Waals surface area contributed by atoms with Crippen molar-refractivity contribution in [1.82, 2.24) is 15.0 Å². The van der Waals surface area contributed by atoms with Crippen molar-refractivity contribution in [3.05, 3.63) is 83.8 Å². The zero-order chi connectivity index (χ0) is 22.7. The number of aromatic nitrogens is 3. The Kier molecular flexibility index (Phi) is 5.85. The van der Waals surface area contributed by atoms with E-state index in [-0.39, 0.29) is 22.5 Å². The number of ether oxygens (including phenoxy) is 1. The summed E-state index contributed by atoms with van der Waals surface area (Å²) in [6, 6.07) is 10.5. The lowest BCUT2D eigenvalue weighted by atomic mass is 10.1. The van der Waals surface area contributed by atoms with Crippen molar-refractivity contribution in [2.24, 2.45) is 0 Å². The Morgan fingerprint density at radius 3 is 2.38 bits per heavy atom. The molecule has 0 spiro atoms. The van der Waals surface area contributed by atoms with E-state index >= 15 is 0 Å². The molecule has 0 aliphatic heterocycles. The van der Waals surface area contributed by atoms with Gasteiger partial charge < -0.3 is 10.1 Å². The lowest BCUT2D eigenvalue weighted by Crippen LogP contribution is -2.08. The van der Waals surface area contributed by atoms with E-state index in [4.69, 9.17) is 4.74 Å². The van der Waals surface area contributed by atoms with Crippen LogP contribution in [-0.2, 0) is 12.6 Å². The van der Waals surface area contributed by atoms with E-state index in [1.807, 2.05) is 0 Å². The topological polar surface area (TPSA) is 59.9 Å². The average Bonchev–Trinajstić information content (AvgIpc) is 2.77. The summed E-state index contributed by atoms with van der Waals surface area (Å²) in [5.41, 5.74) is -0.238. The van der Waals surface area contributed by atoms with Gasteiger partial charge in [0.25, 0.3) is 0 Å². The maximum Gasteiger partial charge on any atom is 0.421 e. The van der Waals surface area contributed by atoms with E-state index in [9.17, 15) is 22.0 Å². The highest BCUT2D eigenvalue weighted by atomic mass is 19.4. The van der Waals surface area contributed by atoms with Gasteiger partial charge in [0.05, 0.1) is 5.39 Å². The summed E-state index contributed by atoms with van der Waals surface area (Å²) in [6.07, 6.45) is -1.73. The Morgan fingerprint density at radius 1 is 0.875 bits per heavy atom. The van der Waals surface area contributed by atoms with Crippen LogP contribution in [0.4, 0.5) is 27.8 Å². The number of anilines is 1. The molecule has 10 heteroatoms. The fourth-order valence-corrected chi connectivity index (χ4v) is 3.08. The summed E-state index contributed by atoms with van der Waals surface area (Å²) in [5.74, 6) is -1.45. The molecule has 0 radical (unpaired) electrons. The molecule has 0 amide bonds. The van der Waals surface area contributed by atoms with Crippen LogP contribution in [0.3, 0.4) is 0 Å². The fraction of sp³-hybridized carbons (Fsp3) is 0.136. The maximum atomic E-state index is 14.1. The molecular formula is C22H15F5N4O. The molecule has 0 aliphatic carbocycles. The third-order valence-electron chi connectivity index (χ3n) is 4.61. The van der Waals surface area contributed by atoms with Crippen LogP contribution >= 0.6 is 0 Å². The van der Waals surface area contributed by atoms with Gasteiger partial charge in [-0.05, 0) is 48.4 Å². The van der Waals surface area contributed by atoms with Gasteiger partial charge in [-0.2, -0.15) is 13.2 Å². The second-order valence-electron chi connectivity index (χ2n) is 6.75. The van der Waals surface area contributed by atoms with E-state index in [0.717, 1.165) is 30.1 Å². The number of nitrogens with zero attached hydrogens (tertiary/aromatic N) is 3. The smallest absolute Gasteiger partial charge is 0.421 e. The predicted molar refractivity (Wildman–Crippen MR) is 107 cm³/mol. The quantitative estimate of drug-likeness (QED) is 0.381. The molecule has 164 valence electrons. The van der Waals surface area contributed by atoms with Crippen LogP contribution in [0.2, 0.25) is 0 Å². The van der Waals surface area contributed by atoms with Gasteiger partial charge in [0.2, 0.25) is 5.88 Å². The van der Waals surface area contributed by atoms with Gasteiger partial charge in [0.1, 0.15) is 40.6 Å². The molecule has 5 nitrogen and oxygen atoms in total. The normalized spacial score (nSPS) is 11.5. The molecule has 0 aliphatic rings. The maximum absolute atomic E-state index is 14.1. The Morgan fingerprint density at radius 2 is 1.62 bits per heavy atom. The molecule has 0 unspecified atom stereocenters. The van der Waals surface area contributed by atoms with Gasteiger partial charge in [0.15, 0.2) is 0 Å². The van der Waals surface area contributed by atoms with Crippen LogP contribution in [0.1, 0.15) is 11.1 Å². The highest BCUT2D eigenvalue weighted by Gasteiger charge is 2.35. The number of rotatable bonds is 6. The number of alkyl halides is 3. The molecule has 2 aromatic heterocycles. The standard InChI is InChI=1S/C22H15F5N4O/c23-16-7-8-17(24)19-18(16)20(31-12-30-19)28-11-9-13-3-5-14(6-4-13)32-21-15(22(25,26)27)2-1-10-29-21/h1-8,10,12H,9,11H2,(H,28,30,31). The average molecular weight is 446 g/mol. The van der Waals surface area contributed by atoms with Crippen LogP contribution in [0.15, 0.2) is 61.1 Å². The third kappa shape index (κ3) is 4.58. The van der Waals surface area contributed by atoms with Crippen molar-refractivity contribution in [3.8, 4) is 11.6 Å². The molecule has 4 rings (SSSR count). The number of hydrogen-bond acceptors (Lipinski definition) is 5. The fourth-order valence-electron chi connectivity index (χ4n) is 3.08. The first-order valence-electron chi connectivity index (χ1n) is 9.44. The zero-order valence-electron chi connectivity index (χ0n) is 16.3. The largest absolute Gasteiger partial charge is 0.438 e. The van der Waals surface area contributed by atoms with Crippen molar-refractivity contribution in [1.29, 1.82) is 0 Å². The minimum Gasteiger partial charge on any atom is -0.438 e. The number of pyridine rings is 1. The second kappa shape index (κ2) is 8.74. The number of fused-ring (bicyclic) bond motifs is 1. The van der Waals surface area contributed by atoms with E-state index < -0.39 is 29.3 Å². The summed E-state index contributed by atoms with van der Waals surface area (Å²) in [4.78, 5) is 11.4. The summed E-state index contributed by atoms with van der Waals surface area (Å²) in [6.45, 7) is 0.348. The van der Waals surface area contributed by atoms with Crippen LogP contribution in [-0.4, -0.2) is 21.5 Å². The van der Waals surface area contributed by atoms with Crippen molar-refractivity contribution >= 4 is 16.7 Å². The van der Waals surface area contributed by atoms with Gasteiger partial charge in [-0.3, -0.25) is 0 Å². The molecule has 2 heterocycles. The first kappa shape index (κ1) is 21.4. The van der Waals surface area contributed by atoms with Crippen LogP contribution < -0.4 is 10.1 Å². The molecule has 0 saturated carbocycles. The predicted octanol–water partition coefficient (Wildman–Crippen LogP) is 5.77. The molecule has 4 aromatic rings. The SMILES string of the molecule is Fc1ccc(F)c2c(NCCc3ccc(Oc4ncccc4C(F)(F)F)cc3)ncnc12. The molecule has 1 N–H and O–H groups in total. The minimum absolute atomic E-state index is 0.0351. The van der Waals surface area contributed by atoms with Crippen LogP contribution in [0.5, 0.6) is 11.6 Å². The molecular weight excluding hydrogens is 431 g/mol. The lowest BCUT2D eigenvalue weighted by Gasteiger charge is -2.12. The molecule has 0 saturated heterocycles. The summed E-state index contributed by atoms with van der Waals surface area (Å²) < 4.78 is 72.5. The number of nitrogens with one attached hydrogen (secondary N) is 1. The van der Waals surface area contributed by atoms with Gasteiger partial charge in [0, 0.05) is 12.7 Å². The Balaban J connectivity index is 1.42. The summed E-state index contributed by atoms with van der Waals surface area (Å²) >= 11 is 0. The van der Waals surface area contributed by atoms with E-state index in [0.29, 0.717) is 13.0 Å². The number of hydrogen-bond donors (Lipinski definition) is 1. The molecule has 2 aromatic carbocycles. The van der Waals surface area contributed by atoms with E-state index in [1.54, 1.807) is 12.1 Å². The zero-order valence-corrected chi connectivity index (χ0v) is 16.3. The van der Waals surface area contributed by atoms with Crippen molar-refractivity contribution in [3.63, 3.8) is 0 Å². The van der Waals surface area contributed by atoms with Gasteiger partial charge in [-0.15, -0.1) is 0 Å². The van der Waals surface area contributed by atoms with Crippen LogP contribution in [0, 0.1) is 11.6 Å². The van der Waals surface area contributed by atoms with Gasteiger partial charge >= 0.3 is 6.18 Å². The molecule has 0 bridgehead atoms. The number of benzene rings is 2. The first-order valence-corrected chi connectivity index (χ1v) is 9.44. The Labute approximate surface area is 178 Å². The van der Waals surface area contributed by atoms with Crippen LogP contribution in [0.25, 0.3) is 10.9 Å². The molecule has 32 heavy (non-hydrogen) atoms. The highest BCUT2D eigenvalue weighted by Crippen LogP contribution is 2.36. The number of halogens is 5. The third-order valence-corrected chi connectivity index (χ3v) is 4.61. The summed E-state index contributed by atoms with van der Waals surface area (Å²) in [7, 11) is 0. The van der Waals surface area contributed by atoms with E-state index in [2.05, 4.69) is 20.3 Å². The van der Waals surface area contributed by atoms with Gasteiger partial charge in [-0.1, -0.05) is 12.1 Å². The molecule has 0 fully saturated rings. The Bertz CT molecular complexity index is 1250. The van der Waals surface area contributed by atoms with Crippen molar-refractivity contribution in [2.45, 2.75) is 12.6 Å². The highest BCUT2D eigenvalue weighted by molar-refractivity contribution is 5.89. The Hall–Kier alpha value is -3.82. The van der Waals surface area contributed by atoms with Gasteiger partial charge in [-0.25, -0.2) is 23.7 Å². The summed E-state index contributed by atoms with van der Waals surface area (Å²) in [5, 5.41) is 2.92. The monoisotopic (exact) mass is 446 g/mol. The first-order chi connectivity index (χ1) is 15.3.